The molecule has 1 amide bonds. The normalized spacial score (nSPS) is 10.2. The Kier molecular flexibility index (Phi) is 8.60. The van der Waals surface area contributed by atoms with Gasteiger partial charge in [0.2, 0.25) is 0 Å². The van der Waals surface area contributed by atoms with Gasteiger partial charge in [-0.1, -0.05) is 30.4 Å². The summed E-state index contributed by atoms with van der Waals surface area (Å²) in [6.45, 7) is 7.33. The van der Waals surface area contributed by atoms with Crippen LogP contribution in [0.25, 0.3) is 0 Å². The number of benzene rings is 2. The zero-order valence-corrected chi connectivity index (χ0v) is 17.6. The molecule has 0 aromatic heterocycles. The minimum absolute atomic E-state index is 0.316. The molecule has 0 unspecified atom stereocenters. The number of carbonyl (C=O) groups is 2. The third-order valence-electron chi connectivity index (χ3n) is 3.32. The number of rotatable bonds is 3. The molecule has 2 aromatic carbocycles. The van der Waals surface area contributed by atoms with Gasteiger partial charge in [0.1, 0.15) is 16.3 Å². The molecule has 0 heterocycles. The highest BCUT2D eigenvalue weighted by Crippen LogP contribution is 2.16. The Bertz CT molecular complexity index is 827. The van der Waals surface area contributed by atoms with Crippen LogP contribution in [0.3, 0.4) is 0 Å². The Balaban J connectivity index is 0.000000370. The monoisotopic (exact) mass is 402 g/mol. The molecule has 0 saturated carbocycles. The minimum Gasteiger partial charge on any atom is -0.444 e. The van der Waals surface area contributed by atoms with Crippen molar-refractivity contribution >= 4 is 29.3 Å². The summed E-state index contributed by atoms with van der Waals surface area (Å²) in [5.74, 6) is 0.0921. The topological polar surface area (TPSA) is 90.6 Å². The van der Waals surface area contributed by atoms with Gasteiger partial charge in [0.15, 0.2) is 0 Å². The maximum Gasteiger partial charge on any atom is 0.407 e. The first-order chi connectivity index (χ1) is 13.0. The maximum atomic E-state index is 12.0. The van der Waals surface area contributed by atoms with Gasteiger partial charge in [-0.3, -0.25) is 0 Å². The molecule has 150 valence electrons. The number of hydrogen-bond acceptors (Lipinski definition) is 5. The molecule has 0 saturated heterocycles. The predicted octanol–water partition coefficient (Wildman–Crippen LogP) is 3.99. The van der Waals surface area contributed by atoms with E-state index in [2.05, 4.69) is 5.32 Å². The Morgan fingerprint density at radius 3 is 2.04 bits per heavy atom. The lowest BCUT2D eigenvalue weighted by Gasteiger charge is -2.18. The summed E-state index contributed by atoms with van der Waals surface area (Å²) >= 11 is 4.86. The van der Waals surface area contributed by atoms with Gasteiger partial charge in [-0.05, 0) is 63.6 Å². The number of carbonyl (C=O) groups excluding carboxylic acids is 2. The van der Waals surface area contributed by atoms with E-state index in [0.717, 1.165) is 11.1 Å². The molecule has 28 heavy (non-hydrogen) atoms. The van der Waals surface area contributed by atoms with Crippen LogP contribution in [-0.2, 0) is 4.74 Å². The van der Waals surface area contributed by atoms with Gasteiger partial charge in [0, 0.05) is 12.6 Å². The van der Waals surface area contributed by atoms with Crippen molar-refractivity contribution < 1.29 is 19.1 Å². The maximum absolute atomic E-state index is 12.0. The summed E-state index contributed by atoms with van der Waals surface area (Å²) < 4.78 is 10.1. The number of nitrogens with one attached hydrogen (secondary N) is 1. The van der Waals surface area contributed by atoms with Crippen LogP contribution in [0.5, 0.6) is 5.75 Å². The molecular formula is C21H26N2O4S. The average molecular weight is 403 g/mol. The molecule has 3 N–H and O–H groups in total. The number of hydrogen-bond donors (Lipinski definition) is 2. The number of ether oxygens (including phenoxy) is 2. The van der Waals surface area contributed by atoms with E-state index in [1.54, 1.807) is 36.4 Å². The summed E-state index contributed by atoms with van der Waals surface area (Å²) in [5.41, 5.74) is 7.29. The number of nitrogens with two attached hydrogens (primary N) is 1. The fourth-order valence-corrected chi connectivity index (χ4v) is 2.12. The molecule has 0 fully saturated rings. The van der Waals surface area contributed by atoms with E-state index in [-0.39, 0.29) is 17.7 Å². The first-order valence-electron chi connectivity index (χ1n) is 8.62. The van der Waals surface area contributed by atoms with E-state index >= 15 is 0 Å². The lowest BCUT2D eigenvalue weighted by Crippen LogP contribution is -2.30. The van der Waals surface area contributed by atoms with Crippen molar-refractivity contribution in [2.75, 3.05) is 7.05 Å². The van der Waals surface area contributed by atoms with Crippen LogP contribution in [0, 0.1) is 6.92 Å². The van der Waals surface area contributed by atoms with Crippen molar-refractivity contribution in [2.24, 2.45) is 5.73 Å². The molecule has 7 heteroatoms. The van der Waals surface area contributed by atoms with Crippen LogP contribution in [0.4, 0.5) is 4.79 Å². The molecule has 2 aromatic rings. The molecule has 0 radical (unpaired) electrons. The highest BCUT2D eigenvalue weighted by atomic mass is 32.1. The highest BCUT2D eigenvalue weighted by Gasteiger charge is 2.14. The number of thiocarbonyl (C=S) groups is 1. The smallest absolute Gasteiger partial charge is 0.407 e. The molecular weight excluding hydrogens is 376 g/mol. The molecule has 0 bridgehead atoms. The van der Waals surface area contributed by atoms with Gasteiger partial charge in [-0.2, -0.15) is 0 Å². The zero-order valence-electron chi connectivity index (χ0n) is 16.7. The minimum atomic E-state index is -0.389. The second-order valence-electron chi connectivity index (χ2n) is 6.84. The summed E-state index contributed by atoms with van der Waals surface area (Å²) in [5, 5.41) is 2.36. The van der Waals surface area contributed by atoms with Crippen LogP contribution < -0.4 is 15.8 Å². The second-order valence-corrected chi connectivity index (χ2v) is 7.28. The zero-order chi connectivity index (χ0) is 21.3. The number of alkyl carbamates (subject to hydrolysis) is 1. The average Bonchev–Trinajstić information content (AvgIpc) is 2.61. The summed E-state index contributed by atoms with van der Waals surface area (Å²) in [4.78, 5) is 22.8. The van der Waals surface area contributed by atoms with Crippen molar-refractivity contribution in [1.82, 2.24) is 5.32 Å². The van der Waals surface area contributed by atoms with E-state index in [1.807, 2.05) is 39.8 Å². The predicted molar refractivity (Wildman–Crippen MR) is 114 cm³/mol. The van der Waals surface area contributed by atoms with Crippen molar-refractivity contribution in [3.05, 3.63) is 65.2 Å². The molecule has 0 spiro atoms. The fourth-order valence-electron chi connectivity index (χ4n) is 1.98. The lowest BCUT2D eigenvalue weighted by molar-refractivity contribution is 0.0541. The van der Waals surface area contributed by atoms with Gasteiger partial charge >= 0.3 is 12.1 Å². The van der Waals surface area contributed by atoms with Crippen LogP contribution in [0.1, 0.15) is 42.3 Å². The summed E-state index contributed by atoms with van der Waals surface area (Å²) in [7, 11) is 1.54. The van der Waals surface area contributed by atoms with Gasteiger partial charge in [-0.25, -0.2) is 9.59 Å². The van der Waals surface area contributed by atoms with Crippen molar-refractivity contribution in [3.63, 3.8) is 0 Å². The van der Waals surface area contributed by atoms with Gasteiger partial charge in [-0.15, -0.1) is 0 Å². The van der Waals surface area contributed by atoms with Crippen LogP contribution in [-0.4, -0.2) is 29.7 Å². The molecule has 6 nitrogen and oxygen atoms in total. The van der Waals surface area contributed by atoms with Crippen molar-refractivity contribution in [1.29, 1.82) is 0 Å². The molecule has 0 atom stereocenters. The van der Waals surface area contributed by atoms with Crippen LogP contribution in [0.2, 0.25) is 0 Å². The Morgan fingerprint density at radius 2 is 1.61 bits per heavy atom. The third kappa shape index (κ3) is 8.18. The summed E-state index contributed by atoms with van der Waals surface area (Å²) in [6.07, 6.45) is -0.387. The number of amides is 1. The van der Waals surface area contributed by atoms with Crippen molar-refractivity contribution in [3.8, 4) is 5.75 Å². The SMILES string of the molecule is CNC(=O)OC(C)(C)C.Cc1ccccc1C(=O)Oc1ccc(C(N)=S)cc1. The highest BCUT2D eigenvalue weighted by molar-refractivity contribution is 7.80. The molecule has 0 aliphatic heterocycles. The van der Waals surface area contributed by atoms with Crippen LogP contribution in [0.15, 0.2) is 48.5 Å². The van der Waals surface area contributed by atoms with Gasteiger partial charge in [0.05, 0.1) is 5.56 Å². The Labute approximate surface area is 171 Å². The molecule has 0 aliphatic carbocycles. The summed E-state index contributed by atoms with van der Waals surface area (Å²) in [6, 6.07) is 14.1. The van der Waals surface area contributed by atoms with E-state index in [4.69, 9.17) is 27.4 Å². The molecule has 0 aliphatic rings. The van der Waals surface area contributed by atoms with Crippen molar-refractivity contribution in [2.45, 2.75) is 33.3 Å². The first-order valence-corrected chi connectivity index (χ1v) is 9.02. The molecule has 2 rings (SSSR count). The number of aryl methyl sites for hydroxylation is 1. The van der Waals surface area contributed by atoms with E-state index in [0.29, 0.717) is 16.3 Å². The van der Waals surface area contributed by atoms with Gasteiger partial charge < -0.3 is 20.5 Å². The van der Waals surface area contributed by atoms with E-state index < -0.39 is 0 Å². The van der Waals surface area contributed by atoms with E-state index in [9.17, 15) is 9.59 Å². The van der Waals surface area contributed by atoms with Crippen LogP contribution >= 0.6 is 12.2 Å². The fraction of sp³-hybridized carbons (Fsp3) is 0.286. The second kappa shape index (κ2) is 10.4. The van der Waals surface area contributed by atoms with E-state index in [1.165, 1.54) is 7.05 Å². The Hall–Kier alpha value is -2.93. The lowest BCUT2D eigenvalue weighted by atomic mass is 10.1. The first kappa shape index (κ1) is 23.1. The Morgan fingerprint density at radius 1 is 1.04 bits per heavy atom. The van der Waals surface area contributed by atoms with Gasteiger partial charge in [0.25, 0.3) is 0 Å². The number of esters is 1. The largest absolute Gasteiger partial charge is 0.444 e. The standard InChI is InChI=1S/C15H13NO2S.C6H13NO2/c1-10-4-2-3-5-13(10)15(17)18-12-8-6-11(7-9-12)14(16)19;1-6(2,3)9-5(8)7-4/h2-9H,1H3,(H2,16,19);1-4H3,(H,7,8). The third-order valence-corrected chi connectivity index (χ3v) is 3.55. The quantitative estimate of drug-likeness (QED) is 0.458.